The Labute approximate surface area is 184 Å². The van der Waals surface area contributed by atoms with Gasteiger partial charge in [0.05, 0.1) is 10.9 Å². The van der Waals surface area contributed by atoms with Crippen molar-refractivity contribution in [1.82, 2.24) is 5.32 Å². The molecule has 0 aliphatic carbocycles. The van der Waals surface area contributed by atoms with E-state index in [0.29, 0.717) is 11.4 Å². The number of carbonyl (C=O) groups is 1. The minimum absolute atomic E-state index is 0.103. The van der Waals surface area contributed by atoms with Crippen LogP contribution in [0.3, 0.4) is 0 Å². The van der Waals surface area contributed by atoms with Gasteiger partial charge in [-0.3, -0.25) is 9.52 Å². The molecule has 0 heterocycles. The summed E-state index contributed by atoms with van der Waals surface area (Å²) in [5, 5.41) is 2.87. The van der Waals surface area contributed by atoms with Gasteiger partial charge in [-0.25, -0.2) is 8.42 Å². The van der Waals surface area contributed by atoms with Crippen molar-refractivity contribution < 1.29 is 17.9 Å². The lowest BCUT2D eigenvalue weighted by Crippen LogP contribution is -2.31. The number of carbonyl (C=O) groups excluding carboxylic acids is 1. The van der Waals surface area contributed by atoms with Crippen molar-refractivity contribution in [2.24, 2.45) is 0 Å². The average Bonchev–Trinajstić information content (AvgIpc) is 2.73. The van der Waals surface area contributed by atoms with Gasteiger partial charge in [-0.15, -0.1) is 0 Å². The van der Waals surface area contributed by atoms with Gasteiger partial charge in [0.2, 0.25) is 0 Å². The number of benzene rings is 3. The molecular weight excluding hydrogens is 468 g/mol. The van der Waals surface area contributed by atoms with Crippen molar-refractivity contribution in [3.8, 4) is 5.75 Å². The molecule has 2 N–H and O–H groups in total. The smallest absolute Gasteiger partial charge is 0.261 e. The Morgan fingerprint density at radius 1 is 1.00 bits per heavy atom. The summed E-state index contributed by atoms with van der Waals surface area (Å²) in [5.41, 5.74) is 1.45. The van der Waals surface area contributed by atoms with Crippen LogP contribution in [0.1, 0.15) is 18.5 Å². The zero-order valence-corrected chi connectivity index (χ0v) is 18.6. The Hall–Kier alpha value is -2.84. The van der Waals surface area contributed by atoms with Crippen LogP contribution in [0, 0.1) is 0 Å². The first-order valence-corrected chi connectivity index (χ1v) is 11.5. The van der Waals surface area contributed by atoms with E-state index in [9.17, 15) is 13.2 Å². The molecule has 6 nitrogen and oxygen atoms in total. The molecule has 3 rings (SSSR count). The molecule has 8 heteroatoms. The van der Waals surface area contributed by atoms with Crippen molar-refractivity contribution in [2.45, 2.75) is 17.9 Å². The lowest BCUT2D eigenvalue weighted by Gasteiger charge is -2.15. The van der Waals surface area contributed by atoms with Crippen LogP contribution < -0.4 is 14.8 Å². The molecule has 3 aromatic rings. The zero-order valence-electron chi connectivity index (χ0n) is 16.2. The Balaban J connectivity index is 1.54. The third kappa shape index (κ3) is 6.08. The predicted octanol–water partition coefficient (Wildman–Crippen LogP) is 4.51. The van der Waals surface area contributed by atoms with Crippen LogP contribution in [0.5, 0.6) is 5.75 Å². The van der Waals surface area contributed by atoms with Gasteiger partial charge in [0.1, 0.15) is 5.75 Å². The molecule has 30 heavy (non-hydrogen) atoms. The summed E-state index contributed by atoms with van der Waals surface area (Å²) in [4.78, 5) is 12.3. The summed E-state index contributed by atoms with van der Waals surface area (Å²) in [7, 11) is -3.70. The van der Waals surface area contributed by atoms with E-state index < -0.39 is 10.0 Å². The molecule has 0 fully saturated rings. The van der Waals surface area contributed by atoms with Crippen LogP contribution in [0.4, 0.5) is 5.69 Å². The second-order valence-electron chi connectivity index (χ2n) is 6.58. The summed E-state index contributed by atoms with van der Waals surface area (Å²) >= 11 is 3.41. The summed E-state index contributed by atoms with van der Waals surface area (Å²) < 4.78 is 33.8. The van der Waals surface area contributed by atoms with Crippen molar-refractivity contribution in [2.75, 3.05) is 11.3 Å². The first-order chi connectivity index (χ1) is 14.3. The lowest BCUT2D eigenvalue weighted by molar-refractivity contribution is -0.123. The van der Waals surface area contributed by atoms with Crippen molar-refractivity contribution in [3.05, 3.63) is 88.9 Å². The molecule has 0 radical (unpaired) electrons. The Bertz CT molecular complexity index is 1100. The van der Waals surface area contributed by atoms with E-state index in [-0.39, 0.29) is 23.5 Å². The highest BCUT2D eigenvalue weighted by atomic mass is 79.9. The van der Waals surface area contributed by atoms with Crippen molar-refractivity contribution in [1.29, 1.82) is 0 Å². The molecule has 0 bridgehead atoms. The summed E-state index contributed by atoms with van der Waals surface area (Å²) in [6, 6.07) is 22.1. The fourth-order valence-corrected chi connectivity index (χ4v) is 4.20. The highest BCUT2D eigenvalue weighted by Gasteiger charge is 2.15. The van der Waals surface area contributed by atoms with E-state index in [1.807, 2.05) is 31.2 Å². The van der Waals surface area contributed by atoms with E-state index in [1.54, 1.807) is 30.3 Å². The largest absolute Gasteiger partial charge is 0.484 e. The molecule has 3 aromatic carbocycles. The first kappa shape index (κ1) is 21.9. The van der Waals surface area contributed by atoms with E-state index in [1.165, 1.54) is 24.3 Å². The fourth-order valence-electron chi connectivity index (χ4n) is 2.73. The highest BCUT2D eigenvalue weighted by Crippen LogP contribution is 2.20. The van der Waals surface area contributed by atoms with Gasteiger partial charge in [0.25, 0.3) is 15.9 Å². The number of para-hydroxylation sites is 1. The van der Waals surface area contributed by atoms with Crippen LogP contribution >= 0.6 is 15.9 Å². The molecule has 0 aromatic heterocycles. The standard InChI is InChI=1S/C22H21BrN2O4S/c1-16(17-6-5-7-18(23)14-17)24-22(26)15-29-20-10-12-21(13-11-20)30(27,28)25-19-8-3-2-4-9-19/h2-14,16,25H,15H2,1H3,(H,24,26)/t16-/m0/s1. The summed E-state index contributed by atoms with van der Waals surface area (Å²) in [6.45, 7) is 1.71. The maximum Gasteiger partial charge on any atom is 0.261 e. The Morgan fingerprint density at radius 3 is 2.37 bits per heavy atom. The number of sulfonamides is 1. The summed E-state index contributed by atoms with van der Waals surface area (Å²) in [5.74, 6) is 0.129. The van der Waals surface area contributed by atoms with E-state index in [0.717, 1.165) is 10.0 Å². The number of halogens is 1. The van der Waals surface area contributed by atoms with Gasteiger partial charge < -0.3 is 10.1 Å². The summed E-state index contributed by atoms with van der Waals surface area (Å²) in [6.07, 6.45) is 0. The zero-order chi connectivity index (χ0) is 21.6. The molecule has 1 amide bonds. The monoisotopic (exact) mass is 488 g/mol. The molecular formula is C22H21BrN2O4S. The second-order valence-corrected chi connectivity index (χ2v) is 9.17. The molecule has 0 unspecified atom stereocenters. The molecule has 0 aliphatic rings. The minimum atomic E-state index is -3.70. The fraction of sp³-hybridized carbons (Fsp3) is 0.136. The number of ether oxygens (including phenoxy) is 1. The van der Waals surface area contributed by atoms with Crippen LogP contribution in [0.2, 0.25) is 0 Å². The van der Waals surface area contributed by atoms with Gasteiger partial charge >= 0.3 is 0 Å². The predicted molar refractivity (Wildman–Crippen MR) is 120 cm³/mol. The van der Waals surface area contributed by atoms with E-state index in [2.05, 4.69) is 26.0 Å². The van der Waals surface area contributed by atoms with E-state index >= 15 is 0 Å². The third-order valence-electron chi connectivity index (χ3n) is 4.26. The molecule has 0 saturated carbocycles. The number of anilines is 1. The number of hydrogen-bond donors (Lipinski definition) is 2. The third-order valence-corrected chi connectivity index (χ3v) is 6.15. The molecule has 0 aliphatic heterocycles. The lowest BCUT2D eigenvalue weighted by atomic mass is 10.1. The van der Waals surface area contributed by atoms with Crippen LogP contribution in [0.15, 0.2) is 88.2 Å². The first-order valence-electron chi connectivity index (χ1n) is 9.19. The maximum absolute atomic E-state index is 12.4. The number of rotatable bonds is 8. The van der Waals surface area contributed by atoms with Crippen LogP contribution in [-0.2, 0) is 14.8 Å². The van der Waals surface area contributed by atoms with Gasteiger partial charge in [-0.1, -0.05) is 46.3 Å². The van der Waals surface area contributed by atoms with Crippen molar-refractivity contribution in [3.63, 3.8) is 0 Å². The Morgan fingerprint density at radius 2 is 1.70 bits per heavy atom. The second kappa shape index (κ2) is 9.77. The molecule has 0 spiro atoms. The highest BCUT2D eigenvalue weighted by molar-refractivity contribution is 9.10. The number of amides is 1. The van der Waals surface area contributed by atoms with Gasteiger partial charge in [0, 0.05) is 10.2 Å². The normalized spacial score (nSPS) is 12.1. The number of hydrogen-bond acceptors (Lipinski definition) is 4. The molecule has 0 saturated heterocycles. The minimum Gasteiger partial charge on any atom is -0.484 e. The number of nitrogens with one attached hydrogen (secondary N) is 2. The quantitative estimate of drug-likeness (QED) is 0.488. The van der Waals surface area contributed by atoms with Gasteiger partial charge in [-0.05, 0) is 61.0 Å². The van der Waals surface area contributed by atoms with Gasteiger partial charge in [0.15, 0.2) is 6.61 Å². The molecule has 156 valence electrons. The molecule has 1 atom stereocenters. The maximum atomic E-state index is 12.4. The van der Waals surface area contributed by atoms with Crippen LogP contribution in [-0.4, -0.2) is 20.9 Å². The van der Waals surface area contributed by atoms with Crippen LogP contribution in [0.25, 0.3) is 0 Å². The Kier molecular flexibility index (Phi) is 7.12. The topological polar surface area (TPSA) is 84.5 Å². The van der Waals surface area contributed by atoms with E-state index in [4.69, 9.17) is 4.74 Å². The van der Waals surface area contributed by atoms with Crippen molar-refractivity contribution >= 4 is 37.5 Å². The SMILES string of the molecule is C[C@H](NC(=O)COc1ccc(S(=O)(=O)Nc2ccccc2)cc1)c1cccc(Br)c1. The average molecular weight is 489 g/mol. The van der Waals surface area contributed by atoms with Gasteiger partial charge in [-0.2, -0.15) is 0 Å².